The highest BCUT2D eigenvalue weighted by atomic mass is 32.2. The molecule has 0 rings (SSSR count). The molecule has 0 amide bonds. The molecule has 0 aliphatic heterocycles. The summed E-state index contributed by atoms with van der Waals surface area (Å²) in [4.78, 5) is 0. The van der Waals surface area contributed by atoms with E-state index in [4.69, 9.17) is 28.4 Å². The van der Waals surface area contributed by atoms with E-state index >= 15 is 0 Å². The van der Waals surface area contributed by atoms with Crippen LogP contribution in [-0.2, 0) is 49.1 Å². The third kappa shape index (κ3) is 28.1. The Hall–Kier alpha value is 0.210. The maximum Gasteiger partial charge on any atom is 0.157 e. The first kappa shape index (κ1) is 43.7. The normalized spacial score (nSPS) is 14.4. The Balaban J connectivity index is -0.000000500. The molecular weight excluding hydrogens is 564 g/mol. The molecule has 0 heterocycles. The standard InChI is InChI=1S/C9H20O4S.C9H20O3S.C9H20O2S/c1-4-5-9(8-13-3)14(10,11)7-6-12-2;1-4-5-9(8-12-3)13(10)7-6-11-2;1-4-5-9(8-11-3)12-7-6-10-2/h9H,4-8H2,1-3H3;9H,4-8H2,1-3H3;9H,4-8H2,1-3H3. The quantitative estimate of drug-likeness (QED) is 0.145. The van der Waals surface area contributed by atoms with Gasteiger partial charge in [0.05, 0.1) is 55.9 Å². The summed E-state index contributed by atoms with van der Waals surface area (Å²) in [7, 11) is 5.94. The molecule has 0 aromatic rings. The van der Waals surface area contributed by atoms with Gasteiger partial charge in [-0.2, -0.15) is 11.8 Å². The summed E-state index contributed by atoms with van der Waals surface area (Å²) in [6.07, 6.45) is 5.98. The topological polar surface area (TPSA) is 107 Å². The lowest BCUT2D eigenvalue weighted by Gasteiger charge is -2.15. The van der Waals surface area contributed by atoms with Crippen molar-refractivity contribution in [1.29, 1.82) is 0 Å². The third-order valence-corrected chi connectivity index (χ3v) is 10.5. The van der Waals surface area contributed by atoms with Gasteiger partial charge in [-0.05, 0) is 19.3 Å². The zero-order valence-corrected chi connectivity index (χ0v) is 28.7. The van der Waals surface area contributed by atoms with E-state index in [1.165, 1.54) is 27.1 Å². The van der Waals surface area contributed by atoms with Gasteiger partial charge in [-0.1, -0.05) is 40.0 Å². The first-order valence-electron chi connectivity index (χ1n) is 13.8. The van der Waals surface area contributed by atoms with E-state index < -0.39 is 20.6 Å². The van der Waals surface area contributed by atoms with Crippen molar-refractivity contribution >= 4 is 32.4 Å². The number of sulfone groups is 1. The van der Waals surface area contributed by atoms with Gasteiger partial charge in [0.2, 0.25) is 0 Å². The van der Waals surface area contributed by atoms with Crippen molar-refractivity contribution in [2.45, 2.75) is 75.0 Å². The lowest BCUT2D eigenvalue weighted by Crippen LogP contribution is -2.29. The minimum absolute atomic E-state index is 0.0809. The number of methoxy groups -OCH3 is 6. The molecule has 0 aliphatic carbocycles. The van der Waals surface area contributed by atoms with Crippen LogP contribution in [0.2, 0.25) is 0 Å². The summed E-state index contributed by atoms with van der Waals surface area (Å²) in [6, 6.07) is 0. The molecule has 0 aliphatic rings. The summed E-state index contributed by atoms with van der Waals surface area (Å²) >= 11 is 1.95. The summed E-state index contributed by atoms with van der Waals surface area (Å²) < 4.78 is 64.7. The zero-order chi connectivity index (χ0) is 30.4. The molecule has 39 heavy (non-hydrogen) atoms. The summed E-state index contributed by atoms with van der Waals surface area (Å²) in [5.74, 6) is 1.77. The van der Waals surface area contributed by atoms with E-state index in [2.05, 4.69) is 13.8 Å². The van der Waals surface area contributed by atoms with Gasteiger partial charge in [0.15, 0.2) is 9.84 Å². The minimum atomic E-state index is -3.06. The van der Waals surface area contributed by atoms with Crippen molar-refractivity contribution in [1.82, 2.24) is 0 Å². The largest absolute Gasteiger partial charge is 0.384 e. The fourth-order valence-corrected chi connectivity index (χ4v) is 7.74. The molecule has 12 heteroatoms. The Morgan fingerprint density at radius 2 is 1.21 bits per heavy atom. The Bertz CT molecular complexity index is 589. The second-order valence-corrected chi connectivity index (χ2v) is 14.5. The highest BCUT2D eigenvalue weighted by Crippen LogP contribution is 2.16. The molecule has 0 aromatic carbocycles. The number of ether oxygens (including phenoxy) is 6. The number of hydrogen-bond acceptors (Lipinski definition) is 10. The maximum absolute atomic E-state index is 11.7. The van der Waals surface area contributed by atoms with E-state index in [0.29, 0.717) is 30.6 Å². The molecule has 0 bridgehead atoms. The van der Waals surface area contributed by atoms with Gasteiger partial charge in [0, 0.05) is 70.2 Å². The average molecular weight is 625 g/mol. The van der Waals surface area contributed by atoms with Gasteiger partial charge in [0.1, 0.15) is 0 Å². The minimum Gasteiger partial charge on any atom is -0.384 e. The second-order valence-electron chi connectivity index (χ2n) is 8.90. The first-order valence-corrected chi connectivity index (χ1v) is 18.0. The van der Waals surface area contributed by atoms with E-state index in [-0.39, 0.29) is 29.5 Å². The Morgan fingerprint density at radius 1 is 0.667 bits per heavy atom. The molecule has 0 saturated carbocycles. The number of rotatable bonds is 24. The van der Waals surface area contributed by atoms with Crippen LogP contribution in [0, 0.1) is 0 Å². The SMILES string of the molecule is CCCC(COC)S(=O)(=O)CCOC.CCCC(COC)S(=O)CCOC.CCCC(COC)SCCOC. The van der Waals surface area contributed by atoms with Gasteiger partial charge in [0.25, 0.3) is 0 Å². The fourth-order valence-electron chi connectivity index (χ4n) is 3.39. The van der Waals surface area contributed by atoms with Crippen LogP contribution in [-0.4, -0.2) is 128 Å². The molecule has 0 fully saturated rings. The lowest BCUT2D eigenvalue weighted by molar-refractivity contribution is 0.192. The Labute approximate surface area is 247 Å². The molecule has 0 N–H and O–H groups in total. The predicted molar refractivity (Wildman–Crippen MR) is 167 cm³/mol. The highest BCUT2D eigenvalue weighted by Gasteiger charge is 2.24. The van der Waals surface area contributed by atoms with Crippen LogP contribution >= 0.6 is 11.8 Å². The van der Waals surface area contributed by atoms with Crippen LogP contribution in [0.5, 0.6) is 0 Å². The van der Waals surface area contributed by atoms with Crippen LogP contribution in [0.4, 0.5) is 0 Å². The smallest absolute Gasteiger partial charge is 0.157 e. The highest BCUT2D eigenvalue weighted by molar-refractivity contribution is 7.99. The van der Waals surface area contributed by atoms with Crippen LogP contribution in [0.25, 0.3) is 0 Å². The van der Waals surface area contributed by atoms with E-state index in [1.54, 1.807) is 28.4 Å². The van der Waals surface area contributed by atoms with Gasteiger partial charge in [-0.25, -0.2) is 8.42 Å². The summed E-state index contributed by atoms with van der Waals surface area (Å²) in [5, 5.41) is 0.438. The number of thioether (sulfide) groups is 1. The number of hydrogen-bond donors (Lipinski definition) is 0. The molecule has 0 aromatic heterocycles. The molecule has 240 valence electrons. The van der Waals surface area contributed by atoms with Crippen molar-refractivity contribution in [2.24, 2.45) is 0 Å². The van der Waals surface area contributed by atoms with E-state index in [1.807, 2.05) is 18.7 Å². The fraction of sp³-hybridized carbons (Fsp3) is 1.00. The second kappa shape index (κ2) is 32.7. The van der Waals surface area contributed by atoms with Crippen LogP contribution < -0.4 is 0 Å². The molecule has 0 saturated heterocycles. The third-order valence-electron chi connectivity index (χ3n) is 5.47. The average Bonchev–Trinajstić information content (AvgIpc) is 2.91. The summed E-state index contributed by atoms with van der Waals surface area (Å²) in [6.45, 7) is 9.66. The van der Waals surface area contributed by atoms with Crippen LogP contribution in [0.1, 0.15) is 59.3 Å². The molecule has 4 unspecified atom stereocenters. The zero-order valence-electron chi connectivity index (χ0n) is 26.2. The molecule has 4 atom stereocenters. The van der Waals surface area contributed by atoms with Crippen molar-refractivity contribution < 1.29 is 41.0 Å². The van der Waals surface area contributed by atoms with Gasteiger partial charge >= 0.3 is 0 Å². The lowest BCUT2D eigenvalue weighted by atomic mass is 10.2. The monoisotopic (exact) mass is 624 g/mol. The van der Waals surface area contributed by atoms with Crippen molar-refractivity contribution in [3.8, 4) is 0 Å². The van der Waals surface area contributed by atoms with Crippen molar-refractivity contribution in [3.05, 3.63) is 0 Å². The van der Waals surface area contributed by atoms with E-state index in [9.17, 15) is 12.6 Å². The predicted octanol–water partition coefficient (Wildman–Crippen LogP) is 4.24. The maximum atomic E-state index is 11.7. The van der Waals surface area contributed by atoms with Crippen LogP contribution in [0.15, 0.2) is 0 Å². The van der Waals surface area contributed by atoms with Gasteiger partial charge in [-0.15, -0.1) is 0 Å². The molecule has 0 radical (unpaired) electrons. The first-order chi connectivity index (χ1) is 18.7. The van der Waals surface area contributed by atoms with E-state index in [0.717, 1.165) is 38.2 Å². The Kier molecular flexibility index (Phi) is 36.6. The molecular formula is C27H60O9S3. The van der Waals surface area contributed by atoms with Crippen LogP contribution in [0.3, 0.4) is 0 Å². The van der Waals surface area contributed by atoms with Crippen molar-refractivity contribution in [2.75, 3.05) is 99.6 Å². The summed E-state index contributed by atoms with van der Waals surface area (Å²) in [5.41, 5.74) is 0. The van der Waals surface area contributed by atoms with Gasteiger partial charge < -0.3 is 28.4 Å². The molecule has 9 nitrogen and oxygen atoms in total. The van der Waals surface area contributed by atoms with Gasteiger partial charge in [-0.3, -0.25) is 4.21 Å². The Morgan fingerprint density at radius 3 is 1.67 bits per heavy atom. The molecule has 0 spiro atoms. The van der Waals surface area contributed by atoms with Crippen molar-refractivity contribution in [3.63, 3.8) is 0 Å².